The van der Waals surface area contributed by atoms with Gasteiger partial charge in [0.05, 0.1) is 17.7 Å². The van der Waals surface area contributed by atoms with Crippen LogP contribution in [0.2, 0.25) is 15.1 Å². The molecule has 1 N–H and O–H groups in total. The number of carbonyl (C=O) groups excluding carboxylic acids is 2. The number of halogens is 3. The maximum atomic E-state index is 14.7. The minimum atomic E-state index is -4.32. The summed E-state index contributed by atoms with van der Waals surface area (Å²) in [6.45, 7) is -0.780. The summed E-state index contributed by atoms with van der Waals surface area (Å²) in [5.74, 6) is -0.493. The predicted octanol–water partition coefficient (Wildman–Crippen LogP) is 7.94. The van der Waals surface area contributed by atoms with Crippen LogP contribution in [0.5, 0.6) is 5.75 Å². The summed E-state index contributed by atoms with van der Waals surface area (Å²) in [6, 6.07) is 25.5. The fourth-order valence-corrected chi connectivity index (χ4v) is 8.09. The van der Waals surface area contributed by atoms with Crippen molar-refractivity contribution in [2.45, 2.75) is 62.0 Å². The van der Waals surface area contributed by atoms with Gasteiger partial charge in [-0.3, -0.25) is 13.9 Å². The number of carbonyl (C=O) groups is 2. The van der Waals surface area contributed by atoms with Crippen molar-refractivity contribution < 1.29 is 22.7 Å². The lowest BCUT2D eigenvalue weighted by atomic mass is 9.94. The quantitative estimate of drug-likeness (QED) is 0.150. The van der Waals surface area contributed by atoms with Crippen LogP contribution in [0.25, 0.3) is 0 Å². The first-order valence-corrected chi connectivity index (χ1v) is 18.6. The number of methoxy groups -OCH3 is 1. The van der Waals surface area contributed by atoms with Crippen molar-refractivity contribution in [3.8, 4) is 5.75 Å². The number of hydrogen-bond acceptors (Lipinski definition) is 5. The first kappa shape index (κ1) is 36.5. The van der Waals surface area contributed by atoms with Crippen molar-refractivity contribution >= 4 is 62.3 Å². The fraction of sp³-hybridized carbons (Fsp3) is 0.297. The molecule has 0 aliphatic heterocycles. The second-order valence-electron chi connectivity index (χ2n) is 11.9. The molecule has 5 rings (SSSR count). The number of hydrogen-bond donors (Lipinski definition) is 1. The number of rotatable bonds is 13. The molecule has 49 heavy (non-hydrogen) atoms. The average Bonchev–Trinajstić information content (AvgIpc) is 3.10. The molecule has 0 aromatic heterocycles. The Kier molecular flexibility index (Phi) is 12.5. The highest BCUT2D eigenvalue weighted by Crippen LogP contribution is 2.30. The maximum absolute atomic E-state index is 14.7. The summed E-state index contributed by atoms with van der Waals surface area (Å²) < 4.78 is 34.8. The SMILES string of the molecule is COc1ccc(S(=O)(=O)N(CC(=O)N(Cc2c(Cl)cccc2Cl)[C@H](Cc2ccccc2)C(=O)NC2CCCCC2)c2cccc(Cl)c2)cc1. The normalized spacial score (nSPS) is 14.1. The van der Waals surface area contributed by atoms with Crippen molar-refractivity contribution in [1.82, 2.24) is 10.2 Å². The molecule has 1 atom stereocenters. The van der Waals surface area contributed by atoms with Crippen LogP contribution in [0.4, 0.5) is 5.69 Å². The third-order valence-electron chi connectivity index (χ3n) is 8.64. The zero-order chi connectivity index (χ0) is 35.0. The highest BCUT2D eigenvalue weighted by Gasteiger charge is 2.36. The molecule has 1 aliphatic rings. The molecule has 12 heteroatoms. The highest BCUT2D eigenvalue weighted by atomic mass is 35.5. The Morgan fingerprint density at radius 3 is 2.14 bits per heavy atom. The van der Waals surface area contributed by atoms with E-state index in [0.29, 0.717) is 21.4 Å². The minimum Gasteiger partial charge on any atom is -0.497 e. The van der Waals surface area contributed by atoms with E-state index in [-0.39, 0.29) is 40.5 Å². The first-order chi connectivity index (χ1) is 23.6. The second kappa shape index (κ2) is 16.8. The molecule has 0 saturated heterocycles. The van der Waals surface area contributed by atoms with Crippen LogP contribution in [0.15, 0.2) is 102 Å². The summed E-state index contributed by atoms with van der Waals surface area (Å²) in [5, 5.41) is 4.10. The molecular weight excluding hydrogens is 705 g/mol. The van der Waals surface area contributed by atoms with E-state index in [4.69, 9.17) is 39.5 Å². The van der Waals surface area contributed by atoms with Crippen LogP contribution in [-0.2, 0) is 32.6 Å². The van der Waals surface area contributed by atoms with E-state index >= 15 is 0 Å². The van der Waals surface area contributed by atoms with Crippen LogP contribution in [0.1, 0.15) is 43.2 Å². The van der Waals surface area contributed by atoms with Gasteiger partial charge in [0.15, 0.2) is 0 Å². The number of amides is 2. The monoisotopic (exact) mass is 741 g/mol. The summed E-state index contributed by atoms with van der Waals surface area (Å²) in [4.78, 5) is 30.3. The van der Waals surface area contributed by atoms with Gasteiger partial charge in [-0.05, 0) is 73.0 Å². The van der Waals surface area contributed by atoms with Gasteiger partial charge < -0.3 is 15.0 Å². The van der Waals surface area contributed by atoms with Crippen LogP contribution in [0.3, 0.4) is 0 Å². The topological polar surface area (TPSA) is 96.0 Å². The summed E-state index contributed by atoms with van der Waals surface area (Å²) in [5.41, 5.74) is 1.44. The van der Waals surface area contributed by atoms with Crippen LogP contribution < -0.4 is 14.4 Å². The lowest BCUT2D eigenvalue weighted by molar-refractivity contribution is -0.140. The molecule has 1 aliphatic carbocycles. The van der Waals surface area contributed by atoms with Gasteiger partial charge in [0.1, 0.15) is 18.3 Å². The van der Waals surface area contributed by atoms with Gasteiger partial charge in [0, 0.05) is 39.6 Å². The standard InChI is InChI=1S/C37H38Cl3N3O5S/c1-48-30-18-20-31(21-19-30)49(46,47)43(29-15-8-12-27(38)23-29)25-36(44)42(24-32-33(39)16-9-17-34(32)40)35(22-26-10-4-2-5-11-26)37(45)41-28-13-6-3-7-14-28/h2,4-5,8-12,15-21,23,28,35H,3,6-7,13-14,22,24-25H2,1H3,(H,41,45)/t35-/m1/s1. The van der Waals surface area contributed by atoms with Crippen molar-refractivity contribution in [2.24, 2.45) is 0 Å². The molecule has 8 nitrogen and oxygen atoms in total. The molecule has 258 valence electrons. The number of ether oxygens (including phenoxy) is 1. The van der Waals surface area contributed by atoms with E-state index in [1.807, 2.05) is 30.3 Å². The third-order valence-corrected chi connectivity index (χ3v) is 11.4. The van der Waals surface area contributed by atoms with E-state index in [1.165, 1.54) is 42.3 Å². The van der Waals surface area contributed by atoms with Crippen molar-refractivity contribution in [1.29, 1.82) is 0 Å². The van der Waals surface area contributed by atoms with Crippen molar-refractivity contribution in [3.05, 3.63) is 123 Å². The molecule has 2 amide bonds. The summed E-state index contributed by atoms with van der Waals surface area (Å²) in [6.07, 6.45) is 4.98. The van der Waals surface area contributed by atoms with Crippen molar-refractivity contribution in [3.63, 3.8) is 0 Å². The number of nitrogens with zero attached hydrogens (tertiary/aromatic N) is 2. The lowest BCUT2D eigenvalue weighted by Crippen LogP contribution is -2.55. The van der Waals surface area contributed by atoms with E-state index in [9.17, 15) is 18.0 Å². The Bertz CT molecular complexity index is 1830. The van der Waals surface area contributed by atoms with Gasteiger partial charge in [0.2, 0.25) is 11.8 Å². The maximum Gasteiger partial charge on any atom is 0.264 e. The van der Waals surface area contributed by atoms with E-state index in [0.717, 1.165) is 42.0 Å². The van der Waals surface area contributed by atoms with Gasteiger partial charge >= 0.3 is 0 Å². The van der Waals surface area contributed by atoms with E-state index in [1.54, 1.807) is 36.4 Å². The average molecular weight is 743 g/mol. The lowest BCUT2D eigenvalue weighted by Gasteiger charge is -2.35. The molecule has 1 fully saturated rings. The Morgan fingerprint density at radius 2 is 1.51 bits per heavy atom. The van der Waals surface area contributed by atoms with Crippen molar-refractivity contribution in [2.75, 3.05) is 18.0 Å². The molecule has 0 unspecified atom stereocenters. The Morgan fingerprint density at radius 1 is 0.857 bits per heavy atom. The smallest absolute Gasteiger partial charge is 0.264 e. The second-order valence-corrected chi connectivity index (χ2v) is 15.1. The molecule has 1 saturated carbocycles. The predicted molar refractivity (Wildman–Crippen MR) is 195 cm³/mol. The van der Waals surface area contributed by atoms with Gasteiger partial charge in [0.25, 0.3) is 10.0 Å². The Balaban J connectivity index is 1.59. The van der Waals surface area contributed by atoms with Gasteiger partial charge in [-0.1, -0.05) is 96.5 Å². The van der Waals surface area contributed by atoms with Crippen LogP contribution in [0, 0.1) is 0 Å². The Labute approximate surface area is 303 Å². The molecule has 0 spiro atoms. The Hall–Kier alpha value is -3.76. The number of sulfonamides is 1. The van der Waals surface area contributed by atoms with Gasteiger partial charge in [-0.2, -0.15) is 0 Å². The van der Waals surface area contributed by atoms with E-state index < -0.39 is 28.5 Å². The largest absolute Gasteiger partial charge is 0.497 e. The molecule has 4 aromatic rings. The summed E-state index contributed by atoms with van der Waals surface area (Å²) >= 11 is 19.6. The first-order valence-electron chi connectivity index (χ1n) is 16.1. The zero-order valence-electron chi connectivity index (χ0n) is 27.0. The van der Waals surface area contributed by atoms with Crippen LogP contribution >= 0.6 is 34.8 Å². The molecular formula is C37H38Cl3N3O5S. The molecule has 4 aromatic carbocycles. The fourth-order valence-electron chi connectivity index (χ4n) is 5.99. The highest BCUT2D eigenvalue weighted by molar-refractivity contribution is 7.92. The number of nitrogens with one attached hydrogen (secondary N) is 1. The molecule has 0 bridgehead atoms. The number of benzene rings is 4. The number of anilines is 1. The minimum absolute atomic E-state index is 0.0289. The van der Waals surface area contributed by atoms with E-state index in [2.05, 4.69) is 5.32 Å². The zero-order valence-corrected chi connectivity index (χ0v) is 30.1. The summed E-state index contributed by atoms with van der Waals surface area (Å²) in [7, 11) is -2.84. The third kappa shape index (κ3) is 9.28. The molecule has 0 radical (unpaired) electrons. The van der Waals surface area contributed by atoms with Gasteiger partial charge in [-0.25, -0.2) is 8.42 Å². The van der Waals surface area contributed by atoms with Gasteiger partial charge in [-0.15, -0.1) is 0 Å². The molecule has 0 heterocycles. The van der Waals surface area contributed by atoms with Crippen LogP contribution in [-0.4, -0.2) is 50.9 Å².